The van der Waals surface area contributed by atoms with Crippen LogP contribution in [-0.4, -0.2) is 102 Å². The van der Waals surface area contributed by atoms with Crippen LogP contribution >= 0.6 is 23.2 Å². The summed E-state index contributed by atoms with van der Waals surface area (Å²) in [6, 6.07) is 21.4. The number of methoxy groups -OCH3 is 1. The first-order chi connectivity index (χ1) is 30.1. The number of likely N-dealkylation sites (tertiary alicyclic amines) is 1. The number of carbonyl (C=O) groups excluding carboxylic acids is 1. The van der Waals surface area contributed by atoms with Crippen LogP contribution in [0.3, 0.4) is 0 Å². The highest BCUT2D eigenvalue weighted by molar-refractivity contribution is 7.90. The SMILES string of the molecule is COCOc1ccc(Oc2cc(N3CCN(CC4=C(c5ccc(Cl)cc5)CC(C)(C)CC4)CC3)ccc2C(=O)NS(=O)(=O)c2ccc(NC3CCN(C)CC3)c([N+](=O)[O-])c2)c(Cl)c1. The third-order valence-corrected chi connectivity index (χ3v) is 13.9. The van der Waals surface area contributed by atoms with E-state index in [-0.39, 0.29) is 46.0 Å². The molecular formula is C46H54Cl2N6O8S. The van der Waals surface area contributed by atoms with Gasteiger partial charge >= 0.3 is 0 Å². The summed E-state index contributed by atoms with van der Waals surface area (Å²) in [4.78, 5) is 31.9. The number of hydrogen-bond acceptors (Lipinski definition) is 12. The largest absolute Gasteiger partial charge is 0.468 e. The monoisotopic (exact) mass is 920 g/mol. The molecular weight excluding hydrogens is 868 g/mol. The lowest BCUT2D eigenvalue weighted by Gasteiger charge is -2.39. The molecule has 63 heavy (non-hydrogen) atoms. The summed E-state index contributed by atoms with van der Waals surface area (Å²) in [5.74, 6) is -0.306. The van der Waals surface area contributed by atoms with Crippen molar-refractivity contribution in [2.45, 2.75) is 56.9 Å². The molecule has 4 aromatic rings. The standard InChI is InChI=1S/C46H54Cl2N6O8S/c1-46(2)18-15-32(39(28-46)31-5-7-33(47)8-6-31)29-52-21-23-53(24-22-52)35-9-12-38(44(25-35)62-43-14-10-36(26-40(43)48)61-30-60-4)45(55)50-63(58,59)37-11-13-41(42(27-37)54(56)57)49-34-16-19-51(3)20-17-34/h5-14,25-27,34,49H,15-24,28-30H2,1-4H3,(H,50,55). The number of allylic oxidation sites excluding steroid dienone is 1. The maximum Gasteiger partial charge on any atom is 0.293 e. The Hall–Kier alpha value is -4.90. The van der Waals surface area contributed by atoms with Crippen LogP contribution in [0.4, 0.5) is 17.1 Å². The van der Waals surface area contributed by atoms with Crippen LogP contribution in [0.1, 0.15) is 61.9 Å². The average molecular weight is 922 g/mol. The van der Waals surface area contributed by atoms with E-state index in [0.29, 0.717) is 18.8 Å². The van der Waals surface area contributed by atoms with E-state index in [1.807, 2.05) is 19.2 Å². The number of halogens is 2. The van der Waals surface area contributed by atoms with E-state index in [1.165, 1.54) is 42.0 Å². The molecule has 14 nitrogen and oxygen atoms in total. The van der Waals surface area contributed by atoms with Crippen molar-refractivity contribution in [3.05, 3.63) is 116 Å². The van der Waals surface area contributed by atoms with E-state index < -0.39 is 31.4 Å². The Morgan fingerprint density at radius 3 is 2.33 bits per heavy atom. The van der Waals surface area contributed by atoms with Crippen LogP contribution in [0.5, 0.6) is 17.2 Å². The number of nitrogens with zero attached hydrogens (tertiary/aromatic N) is 4. The molecule has 0 spiro atoms. The van der Waals surface area contributed by atoms with Crippen molar-refractivity contribution in [1.82, 2.24) is 14.5 Å². The van der Waals surface area contributed by atoms with E-state index in [0.717, 1.165) is 81.6 Å². The predicted octanol–water partition coefficient (Wildman–Crippen LogP) is 9.09. The van der Waals surface area contributed by atoms with Gasteiger partial charge in [0.1, 0.15) is 22.9 Å². The molecule has 0 aromatic heterocycles. The summed E-state index contributed by atoms with van der Waals surface area (Å²) in [7, 11) is -1.08. The number of nitrogens with one attached hydrogen (secondary N) is 2. The summed E-state index contributed by atoms with van der Waals surface area (Å²) in [5.41, 5.74) is 4.76. The van der Waals surface area contributed by atoms with Gasteiger partial charge in [0.05, 0.1) is 20.4 Å². The first-order valence-corrected chi connectivity index (χ1v) is 23.3. The minimum atomic E-state index is -4.59. The van der Waals surface area contributed by atoms with Gasteiger partial charge in [0.15, 0.2) is 6.79 Å². The number of piperazine rings is 1. The third-order valence-electron chi connectivity index (χ3n) is 12.0. The quantitative estimate of drug-likeness (QED) is 0.0664. The maximum absolute atomic E-state index is 14.0. The molecule has 0 atom stereocenters. The van der Waals surface area contributed by atoms with Gasteiger partial charge in [-0.1, -0.05) is 54.8 Å². The lowest BCUT2D eigenvalue weighted by atomic mass is 9.72. The lowest BCUT2D eigenvalue weighted by molar-refractivity contribution is -0.384. The Bertz CT molecular complexity index is 2450. The number of nitro groups is 1. The molecule has 4 aromatic carbocycles. The number of piperidine rings is 1. The predicted molar refractivity (Wildman–Crippen MR) is 247 cm³/mol. The topological polar surface area (TPSA) is 156 Å². The second-order valence-corrected chi connectivity index (χ2v) is 19.7. The van der Waals surface area contributed by atoms with Crippen LogP contribution in [0.15, 0.2) is 89.3 Å². The Morgan fingerprint density at radius 2 is 1.65 bits per heavy atom. The molecule has 2 aliphatic heterocycles. The fraction of sp³-hybridized carbons (Fsp3) is 0.413. The maximum atomic E-state index is 14.0. The Morgan fingerprint density at radius 1 is 0.921 bits per heavy atom. The van der Waals surface area contributed by atoms with Gasteiger partial charge in [0, 0.05) is 74.8 Å². The number of amides is 1. The molecule has 3 aliphatic rings. The van der Waals surface area contributed by atoms with Crippen LogP contribution in [0.25, 0.3) is 5.57 Å². The van der Waals surface area contributed by atoms with Crippen molar-refractivity contribution >= 4 is 61.8 Å². The number of carbonyl (C=O) groups is 1. The molecule has 1 amide bonds. The van der Waals surface area contributed by atoms with Crippen LogP contribution in [0.2, 0.25) is 10.0 Å². The van der Waals surface area contributed by atoms with Gasteiger partial charge in [0.25, 0.3) is 21.6 Å². The molecule has 336 valence electrons. The van der Waals surface area contributed by atoms with Gasteiger partial charge in [-0.05, 0) is 117 Å². The smallest absolute Gasteiger partial charge is 0.293 e. The number of nitro benzene ring substituents is 1. The molecule has 17 heteroatoms. The van der Waals surface area contributed by atoms with E-state index in [9.17, 15) is 23.3 Å². The third kappa shape index (κ3) is 11.6. The van der Waals surface area contributed by atoms with Gasteiger partial charge in [-0.2, -0.15) is 0 Å². The van der Waals surface area contributed by atoms with Gasteiger partial charge in [-0.3, -0.25) is 19.8 Å². The second-order valence-electron chi connectivity index (χ2n) is 17.2. The first kappa shape index (κ1) is 46.1. The van der Waals surface area contributed by atoms with Crippen LogP contribution in [-0.2, 0) is 14.8 Å². The van der Waals surface area contributed by atoms with Crippen molar-refractivity contribution in [2.24, 2.45) is 5.41 Å². The van der Waals surface area contributed by atoms with Crippen LogP contribution in [0, 0.1) is 15.5 Å². The number of ether oxygens (including phenoxy) is 3. The average Bonchev–Trinajstić information content (AvgIpc) is 3.25. The minimum absolute atomic E-state index is 0.00378. The molecule has 2 saturated heterocycles. The van der Waals surface area contributed by atoms with Crippen molar-refractivity contribution in [3.8, 4) is 17.2 Å². The highest BCUT2D eigenvalue weighted by atomic mass is 35.5. The van der Waals surface area contributed by atoms with Gasteiger partial charge in [-0.15, -0.1) is 0 Å². The van der Waals surface area contributed by atoms with E-state index in [4.69, 9.17) is 37.4 Å². The van der Waals surface area contributed by atoms with E-state index >= 15 is 0 Å². The zero-order valence-corrected chi connectivity index (χ0v) is 38.3. The molecule has 0 radical (unpaired) electrons. The summed E-state index contributed by atoms with van der Waals surface area (Å²) in [5, 5.41) is 16.3. The minimum Gasteiger partial charge on any atom is -0.468 e. The number of rotatable bonds is 15. The zero-order valence-electron chi connectivity index (χ0n) is 36.0. The van der Waals surface area contributed by atoms with Crippen molar-refractivity contribution in [1.29, 1.82) is 0 Å². The number of hydrogen-bond donors (Lipinski definition) is 2. The lowest BCUT2D eigenvalue weighted by Crippen LogP contribution is -2.47. The van der Waals surface area contributed by atoms with Crippen molar-refractivity contribution < 1.29 is 32.3 Å². The highest BCUT2D eigenvalue weighted by Crippen LogP contribution is 2.44. The summed E-state index contributed by atoms with van der Waals surface area (Å²) in [6.07, 6.45) is 4.72. The summed E-state index contributed by atoms with van der Waals surface area (Å²) < 4.78 is 46.3. The highest BCUT2D eigenvalue weighted by Gasteiger charge is 2.31. The van der Waals surface area contributed by atoms with Gasteiger partial charge < -0.3 is 29.3 Å². The zero-order chi connectivity index (χ0) is 44.9. The molecule has 0 unspecified atom stereocenters. The molecule has 2 fully saturated rings. The van der Waals surface area contributed by atoms with Crippen molar-refractivity contribution in [2.75, 3.05) is 77.0 Å². The summed E-state index contributed by atoms with van der Waals surface area (Å²) >= 11 is 12.9. The number of sulfonamides is 1. The van der Waals surface area contributed by atoms with E-state index in [1.54, 1.807) is 30.3 Å². The number of benzene rings is 4. The molecule has 0 saturated carbocycles. The summed E-state index contributed by atoms with van der Waals surface area (Å²) in [6.45, 7) is 10.2. The normalized spacial score (nSPS) is 17.7. The Balaban J connectivity index is 1.11. The van der Waals surface area contributed by atoms with Crippen molar-refractivity contribution in [3.63, 3.8) is 0 Å². The van der Waals surface area contributed by atoms with Gasteiger partial charge in [-0.25, -0.2) is 13.1 Å². The molecule has 0 bridgehead atoms. The first-order valence-electron chi connectivity index (χ1n) is 21.1. The molecule has 2 N–H and O–H groups in total. The Kier molecular flexibility index (Phi) is 14.5. The Labute approximate surface area is 379 Å². The molecule has 7 rings (SSSR count). The number of anilines is 2. The molecule has 2 heterocycles. The van der Waals surface area contributed by atoms with E-state index in [2.05, 4.69) is 50.7 Å². The van der Waals surface area contributed by atoms with Crippen LogP contribution < -0.4 is 24.4 Å². The molecule has 1 aliphatic carbocycles. The fourth-order valence-electron chi connectivity index (χ4n) is 8.34. The second kappa shape index (κ2) is 19.9. The van der Waals surface area contributed by atoms with Gasteiger partial charge in [0.2, 0.25) is 0 Å². The fourth-order valence-corrected chi connectivity index (χ4v) is 9.66.